The third kappa shape index (κ3) is 5.64. The van der Waals surface area contributed by atoms with E-state index in [1.54, 1.807) is 6.07 Å². The van der Waals surface area contributed by atoms with Crippen molar-refractivity contribution in [1.29, 1.82) is 0 Å². The molecule has 0 aromatic carbocycles. The van der Waals surface area contributed by atoms with E-state index in [0.29, 0.717) is 25.5 Å². The predicted molar refractivity (Wildman–Crippen MR) is 81.5 cm³/mol. The molecule has 1 rings (SSSR count). The first-order chi connectivity index (χ1) is 10.1. The number of anilines is 2. The van der Waals surface area contributed by atoms with Gasteiger partial charge < -0.3 is 16.0 Å². The normalized spacial score (nSPS) is 10.0. The Morgan fingerprint density at radius 1 is 1.29 bits per heavy atom. The quantitative estimate of drug-likeness (QED) is 0.473. The number of pyridine rings is 1. The third-order valence-corrected chi connectivity index (χ3v) is 2.65. The molecule has 8 nitrogen and oxygen atoms in total. The monoisotopic (exact) mass is 295 g/mol. The SMILES string of the molecule is CCCNC(=O)CCNc1nc(NCC)ccc1[N+](=O)[O-]. The van der Waals surface area contributed by atoms with Gasteiger partial charge in [-0.15, -0.1) is 0 Å². The number of nitrogens with one attached hydrogen (secondary N) is 3. The number of rotatable bonds is 9. The van der Waals surface area contributed by atoms with Gasteiger partial charge in [0.2, 0.25) is 11.7 Å². The molecule has 0 atom stereocenters. The molecule has 0 radical (unpaired) electrons. The lowest BCUT2D eigenvalue weighted by Gasteiger charge is -2.09. The van der Waals surface area contributed by atoms with E-state index in [2.05, 4.69) is 20.9 Å². The van der Waals surface area contributed by atoms with Gasteiger partial charge in [-0.3, -0.25) is 14.9 Å². The predicted octanol–water partition coefficient (Wildman–Crippen LogP) is 1.75. The summed E-state index contributed by atoms with van der Waals surface area (Å²) in [5, 5.41) is 19.5. The van der Waals surface area contributed by atoms with Gasteiger partial charge in [0.15, 0.2) is 0 Å². The number of hydrogen-bond acceptors (Lipinski definition) is 6. The van der Waals surface area contributed by atoms with Crippen LogP contribution in [0.15, 0.2) is 12.1 Å². The molecule has 0 aliphatic carbocycles. The minimum atomic E-state index is -0.498. The van der Waals surface area contributed by atoms with Crippen LogP contribution in [0.5, 0.6) is 0 Å². The maximum Gasteiger partial charge on any atom is 0.311 e. The highest BCUT2D eigenvalue weighted by Gasteiger charge is 2.15. The number of carbonyl (C=O) groups excluding carboxylic acids is 1. The topological polar surface area (TPSA) is 109 Å². The Bertz CT molecular complexity index is 493. The molecule has 0 saturated heterocycles. The number of hydrogen-bond donors (Lipinski definition) is 3. The molecule has 0 saturated carbocycles. The van der Waals surface area contributed by atoms with Gasteiger partial charge in [-0.25, -0.2) is 4.98 Å². The fourth-order valence-corrected chi connectivity index (χ4v) is 1.66. The lowest BCUT2D eigenvalue weighted by molar-refractivity contribution is -0.384. The summed E-state index contributed by atoms with van der Waals surface area (Å²) in [7, 11) is 0. The zero-order valence-corrected chi connectivity index (χ0v) is 12.3. The van der Waals surface area contributed by atoms with Crippen molar-refractivity contribution in [2.45, 2.75) is 26.7 Å². The molecule has 1 aromatic rings. The van der Waals surface area contributed by atoms with Crippen LogP contribution in [0.4, 0.5) is 17.3 Å². The smallest absolute Gasteiger partial charge is 0.311 e. The fourth-order valence-electron chi connectivity index (χ4n) is 1.66. The van der Waals surface area contributed by atoms with E-state index in [9.17, 15) is 14.9 Å². The van der Waals surface area contributed by atoms with Crippen molar-refractivity contribution in [2.75, 3.05) is 30.3 Å². The molecule has 0 aliphatic rings. The van der Waals surface area contributed by atoms with Crippen LogP contribution in [0.3, 0.4) is 0 Å². The van der Waals surface area contributed by atoms with Crippen molar-refractivity contribution in [3.05, 3.63) is 22.2 Å². The second-order valence-electron chi connectivity index (χ2n) is 4.38. The molecule has 21 heavy (non-hydrogen) atoms. The van der Waals surface area contributed by atoms with E-state index < -0.39 is 4.92 Å². The maximum atomic E-state index is 11.5. The van der Waals surface area contributed by atoms with Crippen LogP contribution in [0.25, 0.3) is 0 Å². The van der Waals surface area contributed by atoms with Crippen molar-refractivity contribution in [1.82, 2.24) is 10.3 Å². The van der Waals surface area contributed by atoms with Crippen molar-refractivity contribution in [3.63, 3.8) is 0 Å². The highest BCUT2D eigenvalue weighted by molar-refractivity contribution is 5.76. The molecule has 0 spiro atoms. The Balaban J connectivity index is 2.64. The van der Waals surface area contributed by atoms with Crippen molar-refractivity contribution >= 4 is 23.2 Å². The highest BCUT2D eigenvalue weighted by Crippen LogP contribution is 2.23. The average molecular weight is 295 g/mol. The van der Waals surface area contributed by atoms with Gasteiger partial charge in [0.05, 0.1) is 4.92 Å². The summed E-state index contributed by atoms with van der Waals surface area (Å²) in [5.74, 6) is 0.637. The first-order valence-corrected chi connectivity index (χ1v) is 6.98. The lowest BCUT2D eigenvalue weighted by Crippen LogP contribution is -2.26. The molecule has 0 bridgehead atoms. The Labute approximate surface area is 123 Å². The Morgan fingerprint density at radius 2 is 2.05 bits per heavy atom. The minimum Gasteiger partial charge on any atom is -0.370 e. The molecule has 0 fully saturated rings. The van der Waals surface area contributed by atoms with Gasteiger partial charge in [0, 0.05) is 32.1 Å². The molecule has 0 aliphatic heterocycles. The van der Waals surface area contributed by atoms with Crippen LogP contribution in [0.2, 0.25) is 0 Å². The van der Waals surface area contributed by atoms with Crippen molar-refractivity contribution < 1.29 is 9.72 Å². The van der Waals surface area contributed by atoms with E-state index in [1.807, 2.05) is 13.8 Å². The molecule has 3 N–H and O–H groups in total. The summed E-state index contributed by atoms with van der Waals surface area (Å²) in [6.07, 6.45) is 1.11. The summed E-state index contributed by atoms with van der Waals surface area (Å²) in [4.78, 5) is 26.1. The number of aromatic nitrogens is 1. The zero-order chi connectivity index (χ0) is 15.7. The first-order valence-electron chi connectivity index (χ1n) is 6.98. The standard InChI is InChI=1S/C13H21N5O3/c1-3-8-15-12(19)7-9-16-13-10(18(20)21)5-6-11(17-13)14-4-2/h5-6H,3-4,7-9H2,1-2H3,(H,15,19)(H2,14,16,17). The molecule has 1 amide bonds. The second-order valence-corrected chi connectivity index (χ2v) is 4.38. The Hall–Kier alpha value is -2.38. The minimum absolute atomic E-state index is 0.0881. The first kappa shape index (κ1) is 16.7. The van der Waals surface area contributed by atoms with Crippen LogP contribution in [0, 0.1) is 10.1 Å². The van der Waals surface area contributed by atoms with Gasteiger partial charge in [-0.2, -0.15) is 0 Å². The molecule has 116 valence electrons. The average Bonchev–Trinajstić information content (AvgIpc) is 2.45. The zero-order valence-electron chi connectivity index (χ0n) is 12.3. The van der Waals surface area contributed by atoms with E-state index in [-0.39, 0.29) is 23.8 Å². The number of nitro groups is 1. The largest absolute Gasteiger partial charge is 0.370 e. The van der Waals surface area contributed by atoms with E-state index in [4.69, 9.17) is 0 Å². The van der Waals surface area contributed by atoms with Gasteiger partial charge >= 0.3 is 5.69 Å². The Kier molecular flexibility index (Phi) is 6.93. The van der Waals surface area contributed by atoms with Gasteiger partial charge in [-0.05, 0) is 19.4 Å². The lowest BCUT2D eigenvalue weighted by atomic mass is 10.3. The van der Waals surface area contributed by atoms with Gasteiger partial charge in [0.25, 0.3) is 0 Å². The van der Waals surface area contributed by atoms with Crippen LogP contribution in [-0.4, -0.2) is 35.4 Å². The molecule has 1 aromatic heterocycles. The molecular formula is C13H21N5O3. The van der Waals surface area contributed by atoms with Crippen LogP contribution in [0.1, 0.15) is 26.7 Å². The van der Waals surface area contributed by atoms with E-state index in [1.165, 1.54) is 6.07 Å². The van der Waals surface area contributed by atoms with Gasteiger partial charge in [-0.1, -0.05) is 6.92 Å². The van der Waals surface area contributed by atoms with E-state index >= 15 is 0 Å². The van der Waals surface area contributed by atoms with Crippen molar-refractivity contribution in [2.24, 2.45) is 0 Å². The fraction of sp³-hybridized carbons (Fsp3) is 0.538. The second kappa shape index (κ2) is 8.72. The molecule has 8 heteroatoms. The molecule has 0 unspecified atom stereocenters. The van der Waals surface area contributed by atoms with Crippen molar-refractivity contribution in [3.8, 4) is 0 Å². The molecule has 1 heterocycles. The maximum absolute atomic E-state index is 11.5. The number of carbonyl (C=O) groups is 1. The summed E-state index contributed by atoms with van der Waals surface area (Å²) < 4.78 is 0. The van der Waals surface area contributed by atoms with Crippen LogP contribution in [-0.2, 0) is 4.79 Å². The Morgan fingerprint density at radius 3 is 2.67 bits per heavy atom. The summed E-state index contributed by atoms with van der Waals surface area (Å²) in [5.41, 5.74) is -0.106. The summed E-state index contributed by atoms with van der Waals surface area (Å²) >= 11 is 0. The molecular weight excluding hydrogens is 274 g/mol. The van der Waals surface area contributed by atoms with Gasteiger partial charge in [0.1, 0.15) is 5.82 Å². The highest BCUT2D eigenvalue weighted by atomic mass is 16.6. The summed E-state index contributed by atoms with van der Waals surface area (Å²) in [6, 6.07) is 2.95. The number of amides is 1. The van der Waals surface area contributed by atoms with E-state index in [0.717, 1.165) is 6.42 Å². The third-order valence-electron chi connectivity index (χ3n) is 2.65. The summed E-state index contributed by atoms with van der Waals surface area (Å²) in [6.45, 7) is 5.47. The number of nitrogens with zero attached hydrogens (tertiary/aromatic N) is 2. The van der Waals surface area contributed by atoms with Crippen LogP contribution < -0.4 is 16.0 Å². The van der Waals surface area contributed by atoms with Crippen LogP contribution >= 0.6 is 0 Å².